The second kappa shape index (κ2) is 8.10. The number of nitrogens with zero attached hydrogens (tertiary/aromatic N) is 1. The Morgan fingerprint density at radius 2 is 1.48 bits per heavy atom. The third kappa shape index (κ3) is 4.03. The van der Waals surface area contributed by atoms with E-state index in [-0.39, 0.29) is 23.9 Å². The predicted octanol–water partition coefficient (Wildman–Crippen LogP) is 4.56. The maximum atomic E-state index is 12.8. The van der Waals surface area contributed by atoms with Gasteiger partial charge >= 0.3 is 0 Å². The van der Waals surface area contributed by atoms with Crippen LogP contribution in [0.25, 0.3) is 21.8 Å². The fourth-order valence-corrected chi connectivity index (χ4v) is 3.86. The molecular formula is C24H21ClN2O2. The normalized spacial score (nSPS) is 12.2. The molecule has 4 rings (SSSR count). The summed E-state index contributed by atoms with van der Waals surface area (Å²) in [6.07, 6.45) is 0.717. The van der Waals surface area contributed by atoms with Crippen molar-refractivity contribution in [3.8, 4) is 0 Å². The van der Waals surface area contributed by atoms with Gasteiger partial charge in [-0.3, -0.25) is 9.59 Å². The molecule has 0 radical (unpaired) electrons. The molecule has 1 amide bonds. The zero-order chi connectivity index (χ0) is 20.4. The van der Waals surface area contributed by atoms with E-state index in [1.165, 1.54) is 0 Å². The molecule has 0 aliphatic rings. The Morgan fingerprint density at radius 3 is 2.07 bits per heavy atom. The molecule has 3 aromatic carbocycles. The number of hydrogen-bond donors (Lipinski definition) is 1. The van der Waals surface area contributed by atoms with Gasteiger partial charge in [0.15, 0.2) is 5.43 Å². The Labute approximate surface area is 173 Å². The first-order valence-corrected chi connectivity index (χ1v) is 9.95. The first-order chi connectivity index (χ1) is 14.0. The lowest BCUT2D eigenvalue weighted by Crippen LogP contribution is -2.36. The molecule has 5 heteroatoms. The molecule has 0 bridgehead atoms. The molecular weight excluding hydrogens is 384 g/mol. The number of fused-ring (bicyclic) bond motifs is 2. The Hall–Kier alpha value is -3.11. The van der Waals surface area contributed by atoms with E-state index in [4.69, 9.17) is 11.6 Å². The monoisotopic (exact) mass is 404 g/mol. The summed E-state index contributed by atoms with van der Waals surface area (Å²) in [6.45, 7) is 2.13. The number of amides is 1. The summed E-state index contributed by atoms with van der Waals surface area (Å²) in [4.78, 5) is 25.6. The van der Waals surface area contributed by atoms with Gasteiger partial charge in [0.1, 0.15) is 6.54 Å². The smallest absolute Gasteiger partial charge is 0.240 e. The van der Waals surface area contributed by atoms with Gasteiger partial charge in [-0.05, 0) is 55.3 Å². The van der Waals surface area contributed by atoms with Crippen molar-refractivity contribution in [1.82, 2.24) is 9.88 Å². The van der Waals surface area contributed by atoms with Gasteiger partial charge in [-0.25, -0.2) is 0 Å². The van der Waals surface area contributed by atoms with Gasteiger partial charge in [-0.2, -0.15) is 0 Å². The van der Waals surface area contributed by atoms with Crippen LogP contribution in [0.15, 0.2) is 77.6 Å². The lowest BCUT2D eigenvalue weighted by molar-refractivity contribution is -0.122. The van der Waals surface area contributed by atoms with E-state index in [2.05, 4.69) is 5.32 Å². The number of halogens is 1. The fraction of sp³-hybridized carbons (Fsp3) is 0.167. The Kier molecular flexibility index (Phi) is 5.36. The maximum absolute atomic E-state index is 12.8. The first kappa shape index (κ1) is 19.2. The highest BCUT2D eigenvalue weighted by atomic mass is 35.5. The molecule has 0 saturated heterocycles. The molecule has 0 fully saturated rings. The number of hydrogen-bond acceptors (Lipinski definition) is 2. The minimum absolute atomic E-state index is 0.0102. The zero-order valence-corrected chi connectivity index (χ0v) is 16.8. The fourth-order valence-electron chi connectivity index (χ4n) is 3.74. The number of aromatic nitrogens is 1. The van der Waals surface area contributed by atoms with Crippen LogP contribution in [0.4, 0.5) is 0 Å². The van der Waals surface area contributed by atoms with E-state index in [9.17, 15) is 9.59 Å². The number of rotatable bonds is 5. The molecule has 146 valence electrons. The molecule has 4 aromatic rings. The highest BCUT2D eigenvalue weighted by Gasteiger charge is 2.14. The van der Waals surface area contributed by atoms with Crippen molar-refractivity contribution in [2.45, 2.75) is 25.9 Å². The van der Waals surface area contributed by atoms with Gasteiger partial charge in [-0.1, -0.05) is 48.0 Å². The second-order valence-electron chi connectivity index (χ2n) is 7.25. The quantitative estimate of drug-likeness (QED) is 0.496. The predicted molar refractivity (Wildman–Crippen MR) is 118 cm³/mol. The van der Waals surface area contributed by atoms with Crippen LogP contribution in [0.3, 0.4) is 0 Å². The van der Waals surface area contributed by atoms with E-state index in [0.717, 1.165) is 16.6 Å². The molecule has 0 aliphatic heterocycles. The first-order valence-electron chi connectivity index (χ1n) is 9.57. The molecule has 29 heavy (non-hydrogen) atoms. The largest absolute Gasteiger partial charge is 0.352 e. The van der Waals surface area contributed by atoms with Crippen molar-refractivity contribution in [1.29, 1.82) is 0 Å². The van der Waals surface area contributed by atoms with E-state index in [1.54, 1.807) is 0 Å². The highest BCUT2D eigenvalue weighted by molar-refractivity contribution is 6.30. The zero-order valence-electron chi connectivity index (χ0n) is 16.1. The summed E-state index contributed by atoms with van der Waals surface area (Å²) in [5.74, 6) is -0.0922. The summed E-state index contributed by atoms with van der Waals surface area (Å²) in [7, 11) is 0. The van der Waals surface area contributed by atoms with Gasteiger partial charge in [-0.15, -0.1) is 0 Å². The van der Waals surface area contributed by atoms with Gasteiger partial charge in [0.2, 0.25) is 5.91 Å². The summed E-state index contributed by atoms with van der Waals surface area (Å²) >= 11 is 5.93. The Bertz CT molecular complexity index is 1190. The molecule has 0 aliphatic carbocycles. The van der Waals surface area contributed by atoms with E-state index >= 15 is 0 Å². The van der Waals surface area contributed by atoms with Crippen LogP contribution in [-0.4, -0.2) is 16.5 Å². The van der Waals surface area contributed by atoms with Crippen LogP contribution in [0, 0.1) is 0 Å². The number of carbonyl (C=O) groups is 1. The summed E-state index contributed by atoms with van der Waals surface area (Å²) in [6, 6.07) is 22.4. The third-order valence-corrected chi connectivity index (χ3v) is 5.30. The Balaban J connectivity index is 1.61. The third-order valence-electron chi connectivity index (χ3n) is 5.04. The summed E-state index contributed by atoms with van der Waals surface area (Å²) < 4.78 is 1.91. The van der Waals surface area contributed by atoms with Crippen LogP contribution in [0.1, 0.15) is 12.5 Å². The van der Waals surface area contributed by atoms with Crippen LogP contribution in [-0.2, 0) is 17.8 Å². The topological polar surface area (TPSA) is 51.1 Å². The average molecular weight is 405 g/mol. The van der Waals surface area contributed by atoms with Gasteiger partial charge in [0, 0.05) is 21.8 Å². The molecule has 1 aromatic heterocycles. The lowest BCUT2D eigenvalue weighted by Gasteiger charge is -2.18. The maximum Gasteiger partial charge on any atom is 0.240 e. The summed E-state index contributed by atoms with van der Waals surface area (Å²) in [5.41, 5.74) is 2.62. The number of nitrogens with one attached hydrogen (secondary N) is 1. The highest BCUT2D eigenvalue weighted by Crippen LogP contribution is 2.19. The molecule has 0 spiro atoms. The minimum Gasteiger partial charge on any atom is -0.352 e. The molecule has 0 unspecified atom stereocenters. The van der Waals surface area contributed by atoms with Gasteiger partial charge < -0.3 is 9.88 Å². The van der Waals surface area contributed by atoms with Crippen LogP contribution >= 0.6 is 11.6 Å². The molecule has 4 nitrogen and oxygen atoms in total. The number of carbonyl (C=O) groups excluding carboxylic acids is 1. The Morgan fingerprint density at radius 1 is 0.931 bits per heavy atom. The van der Waals surface area contributed by atoms with Crippen LogP contribution in [0.5, 0.6) is 0 Å². The lowest BCUT2D eigenvalue weighted by atomic mass is 10.1. The minimum atomic E-state index is -0.0922. The number of para-hydroxylation sites is 2. The van der Waals surface area contributed by atoms with Crippen molar-refractivity contribution in [3.63, 3.8) is 0 Å². The van der Waals surface area contributed by atoms with Crippen molar-refractivity contribution >= 4 is 39.3 Å². The van der Waals surface area contributed by atoms with Gasteiger partial charge in [0.05, 0.1) is 11.0 Å². The summed E-state index contributed by atoms with van der Waals surface area (Å²) in [5, 5.41) is 5.00. The van der Waals surface area contributed by atoms with Crippen molar-refractivity contribution < 1.29 is 4.79 Å². The number of benzene rings is 3. The second-order valence-corrected chi connectivity index (χ2v) is 7.69. The standard InChI is InChI=1S/C24H21ClN2O2/c1-16(14-17-10-12-18(25)13-11-17)26-23(28)15-27-21-8-4-2-6-19(21)24(29)20-7-3-5-9-22(20)27/h2-13,16H,14-15H2,1H3,(H,26,28)/t16-/m1/s1. The molecule has 1 atom stereocenters. The molecule has 1 heterocycles. The van der Waals surface area contributed by atoms with Crippen LogP contribution < -0.4 is 10.7 Å². The van der Waals surface area contributed by atoms with Crippen LogP contribution in [0.2, 0.25) is 5.02 Å². The average Bonchev–Trinajstić information content (AvgIpc) is 2.73. The SMILES string of the molecule is C[C@H](Cc1ccc(Cl)cc1)NC(=O)Cn1c2ccccc2c(=O)c2ccccc21. The molecule has 0 saturated carbocycles. The van der Waals surface area contributed by atoms with Crippen molar-refractivity contribution in [3.05, 3.63) is 93.6 Å². The van der Waals surface area contributed by atoms with Crippen molar-refractivity contribution in [2.75, 3.05) is 0 Å². The number of pyridine rings is 1. The van der Waals surface area contributed by atoms with E-state index < -0.39 is 0 Å². The van der Waals surface area contributed by atoms with Crippen molar-refractivity contribution in [2.24, 2.45) is 0 Å². The molecule has 1 N–H and O–H groups in total. The van der Waals surface area contributed by atoms with Gasteiger partial charge in [0.25, 0.3) is 0 Å². The van der Waals surface area contributed by atoms with E-state index in [1.807, 2.05) is 84.3 Å². The van der Waals surface area contributed by atoms with E-state index in [0.29, 0.717) is 22.2 Å².